The maximum Gasteiger partial charge on any atom is 0.191 e. The Kier molecular flexibility index (Phi) is 4.00. The summed E-state index contributed by atoms with van der Waals surface area (Å²) in [7, 11) is 0. The fraction of sp³-hybridized carbons (Fsp3) is 0.278. The summed E-state index contributed by atoms with van der Waals surface area (Å²) >= 11 is 0. The Morgan fingerprint density at radius 3 is 2.52 bits per heavy atom. The summed E-state index contributed by atoms with van der Waals surface area (Å²) in [6.07, 6.45) is 1.76. The number of hydrogen-bond donors (Lipinski definition) is 2. The molecule has 3 N–H and O–H groups in total. The lowest BCUT2D eigenvalue weighted by molar-refractivity contribution is 0.320. The molecule has 0 spiro atoms. The van der Waals surface area contributed by atoms with Crippen LogP contribution < -0.4 is 11.1 Å². The van der Waals surface area contributed by atoms with Gasteiger partial charge in [-0.25, -0.2) is 8.78 Å². The van der Waals surface area contributed by atoms with Crippen molar-refractivity contribution in [1.29, 1.82) is 15.8 Å². The smallest absolute Gasteiger partial charge is 0.191 e. The highest BCUT2D eigenvalue weighted by atomic mass is 19.1. The van der Waals surface area contributed by atoms with Gasteiger partial charge in [0, 0.05) is 31.0 Å². The first-order valence-electron chi connectivity index (χ1n) is 7.59. The van der Waals surface area contributed by atoms with Crippen molar-refractivity contribution in [1.82, 2.24) is 5.32 Å². The Hall–Kier alpha value is -3.21. The molecule has 0 radical (unpaired) electrons. The number of hydrogen-bond acceptors (Lipinski definition) is 5. The largest absolute Gasteiger partial charge is 0.399 e. The van der Waals surface area contributed by atoms with Gasteiger partial charge in [-0.2, -0.15) is 15.8 Å². The van der Waals surface area contributed by atoms with E-state index in [1.165, 1.54) is 6.07 Å². The Morgan fingerprint density at radius 1 is 1.20 bits per heavy atom. The minimum atomic E-state index is -1.91. The van der Waals surface area contributed by atoms with Crippen LogP contribution in [0.2, 0.25) is 0 Å². The van der Waals surface area contributed by atoms with Crippen LogP contribution in [0.3, 0.4) is 0 Å². The number of nitrogens with one attached hydrogen (secondary N) is 1. The molecule has 0 bridgehead atoms. The van der Waals surface area contributed by atoms with Crippen LogP contribution in [-0.4, -0.2) is 13.1 Å². The summed E-state index contributed by atoms with van der Waals surface area (Å²) in [5, 5.41) is 32.1. The first-order chi connectivity index (χ1) is 12.0. The number of rotatable bonds is 1. The molecule has 25 heavy (non-hydrogen) atoms. The summed E-state index contributed by atoms with van der Waals surface area (Å²) in [6.45, 7) is 0.839. The van der Waals surface area contributed by atoms with Crippen molar-refractivity contribution in [3.63, 3.8) is 0 Å². The lowest BCUT2D eigenvalue weighted by Crippen LogP contribution is -2.47. The number of nitriles is 3. The molecule has 3 rings (SSSR count). The minimum absolute atomic E-state index is 0.0315. The average Bonchev–Trinajstić information content (AvgIpc) is 2.62. The van der Waals surface area contributed by atoms with Crippen LogP contribution in [0.25, 0.3) is 0 Å². The molecule has 0 aromatic heterocycles. The molecule has 5 nitrogen and oxygen atoms in total. The second kappa shape index (κ2) is 6.02. The van der Waals surface area contributed by atoms with Crippen molar-refractivity contribution < 1.29 is 8.78 Å². The molecular formula is C18H13F2N5. The maximum atomic E-state index is 14.5. The number of nitrogens with zero attached hydrogens (tertiary/aromatic N) is 3. The third kappa shape index (κ3) is 2.28. The van der Waals surface area contributed by atoms with E-state index in [0.717, 1.165) is 6.07 Å². The van der Waals surface area contributed by atoms with Crippen LogP contribution >= 0.6 is 0 Å². The molecule has 2 atom stereocenters. The molecule has 2 aliphatic rings. The lowest BCUT2D eigenvalue weighted by Gasteiger charge is -2.43. The molecule has 0 amide bonds. The van der Waals surface area contributed by atoms with Crippen LogP contribution in [0.4, 0.5) is 8.78 Å². The molecule has 0 unspecified atom stereocenters. The second-order valence-corrected chi connectivity index (χ2v) is 6.00. The van der Waals surface area contributed by atoms with Crippen molar-refractivity contribution in [2.45, 2.75) is 5.92 Å². The highest BCUT2D eigenvalue weighted by Gasteiger charge is 2.54. The predicted molar refractivity (Wildman–Crippen MR) is 84.0 cm³/mol. The molecule has 1 aliphatic carbocycles. The lowest BCUT2D eigenvalue weighted by atomic mass is 9.58. The van der Waals surface area contributed by atoms with Crippen molar-refractivity contribution in [3.05, 3.63) is 58.3 Å². The van der Waals surface area contributed by atoms with E-state index in [2.05, 4.69) is 5.32 Å². The third-order valence-electron chi connectivity index (χ3n) is 4.84. The van der Waals surface area contributed by atoms with E-state index < -0.39 is 28.9 Å². The zero-order chi connectivity index (χ0) is 18.2. The van der Waals surface area contributed by atoms with Crippen LogP contribution in [-0.2, 0) is 0 Å². The van der Waals surface area contributed by atoms with E-state index in [-0.39, 0.29) is 16.8 Å². The molecule has 0 fully saturated rings. The fourth-order valence-corrected chi connectivity index (χ4v) is 3.70. The zero-order valence-corrected chi connectivity index (χ0v) is 13.1. The Balaban J connectivity index is 2.36. The van der Waals surface area contributed by atoms with E-state index in [9.17, 15) is 24.6 Å². The van der Waals surface area contributed by atoms with Gasteiger partial charge < -0.3 is 11.1 Å². The van der Waals surface area contributed by atoms with E-state index in [0.29, 0.717) is 24.7 Å². The predicted octanol–water partition coefficient (Wildman–Crippen LogP) is 1.98. The van der Waals surface area contributed by atoms with Gasteiger partial charge in [-0.15, -0.1) is 0 Å². The Morgan fingerprint density at radius 2 is 1.92 bits per heavy atom. The highest BCUT2D eigenvalue weighted by molar-refractivity contribution is 5.59. The van der Waals surface area contributed by atoms with Gasteiger partial charge >= 0.3 is 0 Å². The van der Waals surface area contributed by atoms with E-state index >= 15 is 0 Å². The standard InChI is InChI=1S/C18H13F2N5/c19-10-1-2-12(15(20)5-10)16-14-7-25-4-3-11(14)13(6-21)17(24)18(16,8-22)9-23/h1-3,5,14,16,25H,4,7,24H2/t14-,16+/m0/s1. The highest BCUT2D eigenvalue weighted by Crippen LogP contribution is 2.53. The van der Waals surface area contributed by atoms with Crippen molar-refractivity contribution in [3.8, 4) is 18.2 Å². The topological polar surface area (TPSA) is 109 Å². The molecule has 1 aromatic carbocycles. The number of benzene rings is 1. The second-order valence-electron chi connectivity index (χ2n) is 6.00. The molecular weight excluding hydrogens is 324 g/mol. The molecule has 1 aliphatic heterocycles. The SMILES string of the molecule is N#CC1=C(N)C(C#N)(C#N)[C@H](c2ccc(F)cc2F)[C@H]2CNCC=C12. The Bertz CT molecular complexity index is 912. The third-order valence-corrected chi connectivity index (χ3v) is 4.84. The van der Waals surface area contributed by atoms with Crippen LogP contribution in [0, 0.1) is 57.0 Å². The zero-order valence-electron chi connectivity index (χ0n) is 13.1. The normalized spacial score (nSPS) is 24.4. The average molecular weight is 337 g/mol. The minimum Gasteiger partial charge on any atom is -0.399 e. The van der Waals surface area contributed by atoms with Crippen LogP contribution in [0.5, 0.6) is 0 Å². The van der Waals surface area contributed by atoms with Gasteiger partial charge in [-0.05, 0) is 17.2 Å². The van der Waals surface area contributed by atoms with Crippen molar-refractivity contribution in [2.75, 3.05) is 13.1 Å². The van der Waals surface area contributed by atoms with Gasteiger partial charge in [0.05, 0.1) is 23.4 Å². The quantitative estimate of drug-likeness (QED) is 0.814. The van der Waals surface area contributed by atoms with Gasteiger partial charge in [-0.1, -0.05) is 12.1 Å². The number of nitrogens with two attached hydrogens (primary N) is 1. The molecule has 7 heteroatoms. The number of halogens is 2. The number of allylic oxidation sites excluding steroid dienone is 2. The summed E-state index contributed by atoms with van der Waals surface area (Å²) in [4.78, 5) is 0. The molecule has 0 saturated carbocycles. The van der Waals surface area contributed by atoms with Gasteiger partial charge in [0.25, 0.3) is 0 Å². The maximum absolute atomic E-state index is 14.5. The van der Waals surface area contributed by atoms with E-state index in [1.807, 2.05) is 18.2 Å². The number of fused-ring (bicyclic) bond motifs is 1. The molecule has 1 heterocycles. The van der Waals surface area contributed by atoms with E-state index in [1.54, 1.807) is 6.08 Å². The summed E-state index contributed by atoms with van der Waals surface area (Å²) in [5.74, 6) is -3.07. The van der Waals surface area contributed by atoms with Gasteiger partial charge in [0.15, 0.2) is 5.41 Å². The first-order valence-corrected chi connectivity index (χ1v) is 7.59. The fourth-order valence-electron chi connectivity index (χ4n) is 3.70. The summed E-state index contributed by atoms with van der Waals surface area (Å²) < 4.78 is 27.8. The molecule has 124 valence electrons. The van der Waals surface area contributed by atoms with Gasteiger partial charge in [0.2, 0.25) is 0 Å². The Labute approximate surface area is 143 Å². The summed E-state index contributed by atoms with van der Waals surface area (Å²) in [6, 6.07) is 8.79. The first kappa shape index (κ1) is 16.6. The van der Waals surface area contributed by atoms with E-state index in [4.69, 9.17) is 5.73 Å². The monoisotopic (exact) mass is 337 g/mol. The molecule has 0 saturated heterocycles. The summed E-state index contributed by atoms with van der Waals surface area (Å²) in [5.41, 5.74) is 4.68. The van der Waals surface area contributed by atoms with Crippen molar-refractivity contribution >= 4 is 0 Å². The van der Waals surface area contributed by atoms with Crippen LogP contribution in [0.1, 0.15) is 11.5 Å². The van der Waals surface area contributed by atoms with Gasteiger partial charge in [-0.3, -0.25) is 0 Å². The van der Waals surface area contributed by atoms with Crippen LogP contribution in [0.15, 0.2) is 41.1 Å². The van der Waals surface area contributed by atoms with Crippen molar-refractivity contribution in [2.24, 2.45) is 17.1 Å². The molecule has 1 aromatic rings. The van der Waals surface area contributed by atoms with Gasteiger partial charge in [0.1, 0.15) is 17.7 Å².